The van der Waals surface area contributed by atoms with Crippen molar-refractivity contribution >= 4 is 17.7 Å². The predicted molar refractivity (Wildman–Crippen MR) is 118 cm³/mol. The third-order valence-corrected chi connectivity index (χ3v) is 5.80. The molecular formula is C24H30N4O3. The number of amides is 1. The molecule has 3 rings (SSSR count). The monoisotopic (exact) mass is 422 g/mol. The zero-order valence-corrected chi connectivity index (χ0v) is 18.7. The fraction of sp³-hybridized carbons (Fsp3) is 0.500. The van der Waals surface area contributed by atoms with Crippen LogP contribution in [0.25, 0.3) is 5.69 Å². The highest BCUT2D eigenvalue weighted by atomic mass is 16.5. The van der Waals surface area contributed by atoms with E-state index in [0.717, 1.165) is 25.7 Å². The zero-order chi connectivity index (χ0) is 22.5. The Bertz CT molecular complexity index is 964. The molecule has 0 radical (unpaired) electrons. The van der Waals surface area contributed by atoms with Crippen molar-refractivity contribution in [1.82, 2.24) is 9.78 Å². The number of benzene rings is 1. The highest BCUT2D eigenvalue weighted by molar-refractivity contribution is 6.02. The van der Waals surface area contributed by atoms with E-state index in [1.54, 1.807) is 47.0 Å². The molecule has 1 aromatic heterocycles. The van der Waals surface area contributed by atoms with Crippen molar-refractivity contribution in [3.63, 3.8) is 0 Å². The number of ether oxygens (including phenoxy) is 1. The van der Waals surface area contributed by atoms with E-state index in [1.165, 1.54) is 0 Å². The standard InChI is InChI=1S/C24H30N4O3/c1-5-31-24(30)21-15-27(20-12-8-18(14-25)9-13-20)26-22(21)28(16(2)3)23(29)19-10-6-17(4)7-11-19/h8-9,12-13,15-17,19H,5-7,10-11H2,1-4H3/t17-,19-. The lowest BCUT2D eigenvalue weighted by Gasteiger charge is -2.32. The minimum absolute atomic E-state index is 0.0116. The molecule has 164 valence electrons. The number of nitrogens with zero attached hydrogens (tertiary/aromatic N) is 4. The topological polar surface area (TPSA) is 88.2 Å². The maximum atomic E-state index is 13.5. The summed E-state index contributed by atoms with van der Waals surface area (Å²) in [4.78, 5) is 27.9. The first-order valence-electron chi connectivity index (χ1n) is 11.0. The smallest absolute Gasteiger partial charge is 0.343 e. The summed E-state index contributed by atoms with van der Waals surface area (Å²) in [5.74, 6) is 0.406. The summed E-state index contributed by atoms with van der Waals surface area (Å²) < 4.78 is 6.81. The van der Waals surface area contributed by atoms with Gasteiger partial charge in [-0.05, 0) is 76.6 Å². The van der Waals surface area contributed by atoms with Crippen LogP contribution in [-0.4, -0.2) is 34.3 Å². The van der Waals surface area contributed by atoms with Crippen LogP contribution in [0.15, 0.2) is 30.5 Å². The van der Waals surface area contributed by atoms with Gasteiger partial charge in [-0.3, -0.25) is 9.69 Å². The molecule has 1 aromatic carbocycles. The number of anilines is 1. The van der Waals surface area contributed by atoms with Gasteiger partial charge in [0.2, 0.25) is 5.91 Å². The Morgan fingerprint density at radius 1 is 1.23 bits per heavy atom. The van der Waals surface area contributed by atoms with Crippen LogP contribution in [-0.2, 0) is 9.53 Å². The molecule has 1 fully saturated rings. The van der Waals surface area contributed by atoms with Crippen LogP contribution in [0.5, 0.6) is 0 Å². The first-order valence-corrected chi connectivity index (χ1v) is 11.0. The van der Waals surface area contributed by atoms with Crippen molar-refractivity contribution in [2.45, 2.75) is 59.4 Å². The molecule has 1 heterocycles. The Morgan fingerprint density at radius 2 is 1.87 bits per heavy atom. The molecule has 1 saturated carbocycles. The van der Waals surface area contributed by atoms with Gasteiger partial charge in [0, 0.05) is 18.2 Å². The Morgan fingerprint density at radius 3 is 2.42 bits per heavy atom. The molecule has 2 aromatic rings. The van der Waals surface area contributed by atoms with E-state index < -0.39 is 5.97 Å². The number of hydrogen-bond donors (Lipinski definition) is 0. The van der Waals surface area contributed by atoms with Gasteiger partial charge in [-0.1, -0.05) is 6.92 Å². The third kappa shape index (κ3) is 4.96. The van der Waals surface area contributed by atoms with Crippen LogP contribution < -0.4 is 4.90 Å². The number of nitriles is 1. The number of esters is 1. The highest BCUT2D eigenvalue weighted by Crippen LogP contribution is 2.33. The summed E-state index contributed by atoms with van der Waals surface area (Å²) in [7, 11) is 0. The van der Waals surface area contributed by atoms with Crippen LogP contribution in [0.4, 0.5) is 5.82 Å². The van der Waals surface area contributed by atoms with E-state index >= 15 is 0 Å². The number of hydrogen-bond acceptors (Lipinski definition) is 5. The van der Waals surface area contributed by atoms with Gasteiger partial charge in [-0.25, -0.2) is 9.48 Å². The molecule has 1 aliphatic rings. The first kappa shape index (κ1) is 22.5. The molecule has 0 saturated heterocycles. The van der Waals surface area contributed by atoms with Gasteiger partial charge in [0.15, 0.2) is 5.82 Å². The average molecular weight is 423 g/mol. The van der Waals surface area contributed by atoms with Gasteiger partial charge < -0.3 is 4.74 Å². The number of carbonyl (C=O) groups is 2. The second-order valence-corrected chi connectivity index (χ2v) is 8.45. The Kier molecular flexibility index (Phi) is 7.11. The van der Waals surface area contributed by atoms with Gasteiger partial charge in [0.05, 0.1) is 23.9 Å². The summed E-state index contributed by atoms with van der Waals surface area (Å²) in [6.45, 7) is 8.06. The molecule has 0 aliphatic heterocycles. The van der Waals surface area contributed by atoms with Gasteiger partial charge in [-0.15, -0.1) is 5.10 Å². The SMILES string of the molecule is CCOC(=O)c1cn(-c2ccc(C#N)cc2)nc1N(C(=O)[C@H]1CC[C@H](C)CC1)C(C)C. The molecule has 0 bridgehead atoms. The highest BCUT2D eigenvalue weighted by Gasteiger charge is 2.34. The van der Waals surface area contributed by atoms with E-state index in [2.05, 4.69) is 18.1 Å². The fourth-order valence-corrected chi connectivity index (χ4v) is 4.02. The molecule has 0 N–H and O–H groups in total. The van der Waals surface area contributed by atoms with Crippen LogP contribution in [0.2, 0.25) is 0 Å². The third-order valence-electron chi connectivity index (χ3n) is 5.80. The molecule has 1 aliphatic carbocycles. The Balaban J connectivity index is 2.02. The number of aromatic nitrogens is 2. The maximum absolute atomic E-state index is 13.5. The molecule has 1 amide bonds. The van der Waals surface area contributed by atoms with E-state index in [9.17, 15) is 9.59 Å². The molecule has 0 atom stereocenters. The van der Waals surface area contributed by atoms with Crippen molar-refractivity contribution in [1.29, 1.82) is 5.26 Å². The minimum Gasteiger partial charge on any atom is -0.462 e. The second kappa shape index (κ2) is 9.78. The van der Waals surface area contributed by atoms with Gasteiger partial charge in [0.1, 0.15) is 5.56 Å². The minimum atomic E-state index is -0.506. The molecule has 31 heavy (non-hydrogen) atoms. The number of carbonyl (C=O) groups excluding carboxylic acids is 2. The summed E-state index contributed by atoms with van der Waals surface area (Å²) in [5, 5.41) is 13.7. The maximum Gasteiger partial charge on any atom is 0.343 e. The Labute approximate surface area is 183 Å². The number of rotatable bonds is 6. The van der Waals surface area contributed by atoms with E-state index in [1.807, 2.05) is 13.8 Å². The van der Waals surface area contributed by atoms with Crippen LogP contribution in [0.3, 0.4) is 0 Å². The van der Waals surface area contributed by atoms with Gasteiger partial charge in [0.25, 0.3) is 0 Å². The van der Waals surface area contributed by atoms with Crippen molar-refractivity contribution in [2.24, 2.45) is 11.8 Å². The summed E-state index contributed by atoms with van der Waals surface area (Å²) in [6.07, 6.45) is 5.38. The van der Waals surface area contributed by atoms with Crippen molar-refractivity contribution in [3.05, 3.63) is 41.6 Å². The molecule has 0 unspecified atom stereocenters. The quantitative estimate of drug-likeness (QED) is 0.640. The van der Waals surface area contributed by atoms with Gasteiger partial charge >= 0.3 is 5.97 Å². The van der Waals surface area contributed by atoms with Crippen LogP contribution in [0, 0.1) is 23.2 Å². The average Bonchev–Trinajstić information content (AvgIpc) is 3.19. The lowest BCUT2D eigenvalue weighted by Crippen LogP contribution is -2.43. The lowest BCUT2D eigenvalue weighted by atomic mass is 9.82. The Hall–Kier alpha value is -3.14. The molecule has 7 nitrogen and oxygen atoms in total. The van der Waals surface area contributed by atoms with Crippen molar-refractivity contribution < 1.29 is 14.3 Å². The molecular weight excluding hydrogens is 392 g/mol. The first-order chi connectivity index (χ1) is 14.8. The zero-order valence-electron chi connectivity index (χ0n) is 18.7. The van der Waals surface area contributed by atoms with Crippen LogP contribution in [0.1, 0.15) is 69.3 Å². The summed E-state index contributed by atoms with van der Waals surface area (Å²) in [6, 6.07) is 8.82. The van der Waals surface area contributed by atoms with Crippen LogP contribution >= 0.6 is 0 Å². The summed E-state index contributed by atoms with van der Waals surface area (Å²) >= 11 is 0. The summed E-state index contributed by atoms with van der Waals surface area (Å²) in [5.41, 5.74) is 1.49. The second-order valence-electron chi connectivity index (χ2n) is 8.45. The van der Waals surface area contributed by atoms with E-state index in [0.29, 0.717) is 23.0 Å². The van der Waals surface area contributed by atoms with Crippen molar-refractivity contribution in [2.75, 3.05) is 11.5 Å². The van der Waals surface area contributed by atoms with E-state index in [4.69, 9.17) is 10.00 Å². The van der Waals surface area contributed by atoms with Crippen molar-refractivity contribution in [3.8, 4) is 11.8 Å². The molecule has 7 heteroatoms. The van der Waals surface area contributed by atoms with Gasteiger partial charge in [-0.2, -0.15) is 5.26 Å². The fourth-order valence-electron chi connectivity index (χ4n) is 4.02. The molecule has 0 spiro atoms. The van der Waals surface area contributed by atoms with E-state index in [-0.39, 0.29) is 30.0 Å². The normalized spacial score (nSPS) is 18.5. The predicted octanol–water partition coefficient (Wildman–Crippen LogP) is 4.49. The lowest BCUT2D eigenvalue weighted by molar-refractivity contribution is -0.123. The largest absolute Gasteiger partial charge is 0.462 e.